The second kappa shape index (κ2) is 7.72. The monoisotopic (exact) mass is 348 g/mol. The Hall–Kier alpha value is -2.70. The zero-order valence-electron chi connectivity index (χ0n) is 12.4. The Labute approximate surface area is 142 Å². The van der Waals surface area contributed by atoms with Gasteiger partial charge in [-0.1, -0.05) is 30.3 Å². The predicted molar refractivity (Wildman–Crippen MR) is 90.3 cm³/mol. The molecule has 24 heavy (non-hydrogen) atoms. The molecule has 7 heteroatoms. The lowest BCUT2D eigenvalue weighted by atomic mass is 10.1. The van der Waals surface area contributed by atoms with E-state index >= 15 is 0 Å². The third-order valence-corrected chi connectivity index (χ3v) is 3.36. The molecule has 0 fully saturated rings. The maximum atomic E-state index is 13.6. The molecule has 2 amide bonds. The van der Waals surface area contributed by atoms with Crippen LogP contribution in [0.4, 0.5) is 15.8 Å². The second-order valence-corrected chi connectivity index (χ2v) is 5.27. The van der Waals surface area contributed by atoms with Crippen LogP contribution in [0, 0.1) is 5.82 Å². The van der Waals surface area contributed by atoms with Crippen molar-refractivity contribution in [2.24, 2.45) is 0 Å². The molecule has 2 rings (SSSR count). The third-order valence-electron chi connectivity index (χ3n) is 3.11. The second-order valence-electron chi connectivity index (χ2n) is 4.83. The van der Waals surface area contributed by atoms with Crippen LogP contribution in [0.5, 0.6) is 0 Å². The average molecular weight is 349 g/mol. The first-order valence-electron chi connectivity index (χ1n) is 6.88. The van der Waals surface area contributed by atoms with Gasteiger partial charge in [0.25, 0.3) is 5.91 Å². The van der Waals surface area contributed by atoms with Crippen molar-refractivity contribution in [2.45, 2.75) is 6.10 Å². The Morgan fingerprint density at radius 2 is 1.83 bits per heavy atom. The van der Waals surface area contributed by atoms with Crippen LogP contribution in [0.25, 0.3) is 0 Å². The van der Waals surface area contributed by atoms with Crippen LogP contribution in [0.1, 0.15) is 11.7 Å². The summed E-state index contributed by atoms with van der Waals surface area (Å²) >= 11 is 5.75. The summed E-state index contributed by atoms with van der Waals surface area (Å²) in [5.74, 6) is -1.95. The fraction of sp³-hybridized carbons (Fsp3) is 0.0588. The van der Waals surface area contributed by atoms with Crippen molar-refractivity contribution in [3.8, 4) is 0 Å². The summed E-state index contributed by atoms with van der Waals surface area (Å²) in [6.45, 7) is 3.27. The number of aliphatic hydroxyl groups excluding tert-OH is 1. The molecule has 124 valence electrons. The molecule has 0 heterocycles. The molecular formula is C17H14ClFN2O3. The van der Waals surface area contributed by atoms with E-state index in [1.54, 1.807) is 12.1 Å². The Bertz CT molecular complexity index is 778. The molecule has 3 N–H and O–H groups in total. The Morgan fingerprint density at radius 1 is 1.17 bits per heavy atom. The van der Waals surface area contributed by atoms with E-state index in [1.807, 2.05) is 0 Å². The van der Waals surface area contributed by atoms with Crippen molar-refractivity contribution in [3.05, 3.63) is 71.5 Å². The predicted octanol–water partition coefficient (Wildman–Crippen LogP) is 3.28. The van der Waals surface area contributed by atoms with E-state index in [1.165, 1.54) is 24.3 Å². The minimum absolute atomic E-state index is 0.112. The molecule has 0 aromatic heterocycles. The molecule has 1 unspecified atom stereocenters. The van der Waals surface area contributed by atoms with E-state index in [9.17, 15) is 19.1 Å². The molecule has 5 nitrogen and oxygen atoms in total. The lowest BCUT2D eigenvalue weighted by Gasteiger charge is -2.13. The van der Waals surface area contributed by atoms with Crippen molar-refractivity contribution in [3.63, 3.8) is 0 Å². The maximum Gasteiger partial charge on any atom is 0.257 e. The van der Waals surface area contributed by atoms with E-state index < -0.39 is 23.7 Å². The lowest BCUT2D eigenvalue weighted by molar-refractivity contribution is -0.124. The quantitative estimate of drug-likeness (QED) is 0.726. The number of benzene rings is 2. The number of carbonyl (C=O) groups excluding carboxylic acids is 2. The normalized spacial score (nSPS) is 11.5. The van der Waals surface area contributed by atoms with Crippen LogP contribution in [0.15, 0.2) is 55.1 Å². The molecule has 0 radical (unpaired) electrons. The van der Waals surface area contributed by atoms with E-state index in [2.05, 4.69) is 17.2 Å². The van der Waals surface area contributed by atoms with Crippen molar-refractivity contribution >= 4 is 34.8 Å². The number of nitrogens with one attached hydrogen (secondary N) is 2. The highest BCUT2D eigenvalue weighted by atomic mass is 35.5. The molecule has 2 aromatic carbocycles. The minimum Gasteiger partial charge on any atom is -0.378 e. The number of rotatable bonds is 5. The van der Waals surface area contributed by atoms with E-state index in [0.29, 0.717) is 10.6 Å². The summed E-state index contributed by atoms with van der Waals surface area (Å²) < 4.78 is 13.6. The number of aliphatic hydroxyl groups is 1. The maximum absolute atomic E-state index is 13.6. The van der Waals surface area contributed by atoms with Gasteiger partial charge in [-0.05, 0) is 42.0 Å². The summed E-state index contributed by atoms with van der Waals surface area (Å²) in [5.41, 5.74) is 0.464. The van der Waals surface area contributed by atoms with Gasteiger partial charge in [-0.15, -0.1) is 0 Å². The Morgan fingerprint density at radius 3 is 2.46 bits per heavy atom. The Balaban J connectivity index is 2.13. The molecule has 0 aliphatic heterocycles. The van der Waals surface area contributed by atoms with E-state index in [4.69, 9.17) is 11.6 Å². The summed E-state index contributed by atoms with van der Waals surface area (Å²) in [7, 11) is 0. The molecule has 0 aliphatic rings. The molecule has 0 saturated carbocycles. The molecule has 1 atom stereocenters. The van der Waals surface area contributed by atoms with Crippen LogP contribution in [0.2, 0.25) is 5.02 Å². The van der Waals surface area contributed by atoms with E-state index in [-0.39, 0.29) is 11.4 Å². The fourth-order valence-electron chi connectivity index (χ4n) is 1.89. The van der Waals surface area contributed by atoms with Crippen LogP contribution in [0.3, 0.4) is 0 Å². The molecular weight excluding hydrogens is 335 g/mol. The van der Waals surface area contributed by atoms with Crippen LogP contribution in [-0.2, 0) is 9.59 Å². The van der Waals surface area contributed by atoms with Gasteiger partial charge in [-0.3, -0.25) is 9.59 Å². The van der Waals surface area contributed by atoms with Gasteiger partial charge >= 0.3 is 0 Å². The van der Waals surface area contributed by atoms with Gasteiger partial charge in [0.15, 0.2) is 6.10 Å². The smallest absolute Gasteiger partial charge is 0.257 e. The zero-order chi connectivity index (χ0) is 17.7. The molecule has 0 saturated heterocycles. The first-order valence-corrected chi connectivity index (χ1v) is 7.26. The number of halogens is 2. The number of amides is 2. The van der Waals surface area contributed by atoms with Crippen molar-refractivity contribution in [1.82, 2.24) is 0 Å². The highest BCUT2D eigenvalue weighted by Crippen LogP contribution is 2.22. The summed E-state index contributed by atoms with van der Waals surface area (Å²) in [5, 5.41) is 15.2. The molecule has 0 bridgehead atoms. The van der Waals surface area contributed by atoms with Gasteiger partial charge < -0.3 is 15.7 Å². The van der Waals surface area contributed by atoms with Gasteiger partial charge in [-0.2, -0.15) is 0 Å². The number of hydrogen-bond donors (Lipinski definition) is 3. The first kappa shape index (κ1) is 17.7. The standard InChI is InChI=1S/C17H14ClFN2O3/c1-2-15(22)21-14-9-12(7-8-13(14)19)20-17(24)16(23)10-3-5-11(18)6-4-10/h2-9,16,23H,1H2,(H,20,24)(H,21,22). The van der Waals surface area contributed by atoms with Crippen molar-refractivity contribution in [1.29, 1.82) is 0 Å². The fourth-order valence-corrected chi connectivity index (χ4v) is 2.02. The highest BCUT2D eigenvalue weighted by Gasteiger charge is 2.18. The number of hydrogen-bond acceptors (Lipinski definition) is 3. The van der Waals surface area contributed by atoms with Gasteiger partial charge in [0.1, 0.15) is 5.82 Å². The summed E-state index contributed by atoms with van der Waals surface area (Å²) in [6, 6.07) is 9.78. The van der Waals surface area contributed by atoms with Crippen molar-refractivity contribution in [2.75, 3.05) is 10.6 Å². The van der Waals surface area contributed by atoms with Crippen molar-refractivity contribution < 1.29 is 19.1 Å². The summed E-state index contributed by atoms with van der Waals surface area (Å²) in [6.07, 6.45) is -0.423. The van der Waals surface area contributed by atoms with Gasteiger partial charge in [0.2, 0.25) is 5.91 Å². The van der Waals surface area contributed by atoms with Gasteiger partial charge in [0.05, 0.1) is 5.69 Å². The Kier molecular flexibility index (Phi) is 5.68. The van der Waals surface area contributed by atoms with Crippen LogP contribution in [-0.4, -0.2) is 16.9 Å². The minimum atomic E-state index is -1.42. The average Bonchev–Trinajstić information content (AvgIpc) is 2.57. The molecule has 2 aromatic rings. The topological polar surface area (TPSA) is 78.4 Å². The van der Waals surface area contributed by atoms with E-state index in [0.717, 1.165) is 12.1 Å². The zero-order valence-corrected chi connectivity index (χ0v) is 13.2. The first-order chi connectivity index (χ1) is 11.4. The van der Waals surface area contributed by atoms with Crippen LogP contribution >= 0.6 is 11.6 Å². The number of carbonyl (C=O) groups is 2. The van der Waals surface area contributed by atoms with Gasteiger partial charge in [-0.25, -0.2) is 4.39 Å². The third kappa shape index (κ3) is 4.41. The summed E-state index contributed by atoms with van der Waals surface area (Å²) in [4.78, 5) is 23.3. The van der Waals surface area contributed by atoms with Crippen LogP contribution < -0.4 is 10.6 Å². The van der Waals surface area contributed by atoms with Gasteiger partial charge in [0, 0.05) is 10.7 Å². The highest BCUT2D eigenvalue weighted by molar-refractivity contribution is 6.30. The lowest BCUT2D eigenvalue weighted by Crippen LogP contribution is -2.21. The number of anilines is 2. The molecule has 0 aliphatic carbocycles. The molecule has 0 spiro atoms. The SMILES string of the molecule is C=CC(=O)Nc1cc(NC(=O)C(O)c2ccc(Cl)cc2)ccc1F. The largest absolute Gasteiger partial charge is 0.378 e.